The van der Waals surface area contributed by atoms with Gasteiger partial charge in [-0.15, -0.1) is 11.3 Å². The third-order valence-corrected chi connectivity index (χ3v) is 4.39. The van der Waals surface area contributed by atoms with Crippen molar-refractivity contribution >= 4 is 49.8 Å². The minimum atomic E-state index is -0.120. The van der Waals surface area contributed by atoms with Crippen molar-refractivity contribution < 1.29 is 4.79 Å². The molecule has 2 aromatic heterocycles. The molecule has 3 rings (SSSR count). The summed E-state index contributed by atoms with van der Waals surface area (Å²) in [4.78, 5) is 12.8. The smallest absolute Gasteiger partial charge is 0.266 e. The largest absolute Gasteiger partial charge is 0.321 e. The van der Waals surface area contributed by atoms with Crippen molar-refractivity contribution in [1.82, 2.24) is 10.2 Å². The lowest BCUT2D eigenvalue weighted by Crippen LogP contribution is -2.10. The fourth-order valence-electron chi connectivity index (χ4n) is 1.71. The van der Waals surface area contributed by atoms with Gasteiger partial charge in [0.05, 0.1) is 17.4 Å². The number of fused-ring (bicyclic) bond motifs is 1. The summed E-state index contributed by atoms with van der Waals surface area (Å²) in [5, 5.41) is 12.5. The molecule has 0 saturated heterocycles. The summed E-state index contributed by atoms with van der Waals surface area (Å²) >= 11 is 4.76. The number of hydrogen-bond donors (Lipinski definition) is 2. The van der Waals surface area contributed by atoms with Crippen molar-refractivity contribution in [3.8, 4) is 0 Å². The molecule has 0 aliphatic heterocycles. The van der Waals surface area contributed by atoms with Crippen molar-refractivity contribution in [3.63, 3.8) is 0 Å². The zero-order chi connectivity index (χ0) is 12.5. The zero-order valence-electron chi connectivity index (χ0n) is 9.11. The number of aromatic nitrogens is 2. The molecule has 3 aromatic rings. The Morgan fingerprint density at radius 3 is 3.06 bits per heavy atom. The van der Waals surface area contributed by atoms with Crippen LogP contribution in [-0.2, 0) is 0 Å². The molecule has 0 radical (unpaired) electrons. The number of nitrogens with one attached hydrogen (secondary N) is 2. The van der Waals surface area contributed by atoms with E-state index in [1.54, 1.807) is 6.20 Å². The van der Waals surface area contributed by atoms with E-state index in [1.807, 2.05) is 29.6 Å². The fraction of sp³-hybridized carbons (Fsp3) is 0. The lowest BCUT2D eigenvalue weighted by molar-refractivity contribution is 0.103. The molecule has 1 amide bonds. The lowest BCUT2D eigenvalue weighted by atomic mass is 10.2. The summed E-state index contributed by atoms with van der Waals surface area (Å²) in [6.45, 7) is 0. The number of anilines is 1. The standard InChI is InChI=1S/C12H8BrN3OS/c13-8-4-5-18-11(8)12(17)15-9-2-1-3-10-7(9)6-14-16-10/h1-6H,(H,14,16)(H,15,17). The van der Waals surface area contributed by atoms with E-state index in [9.17, 15) is 4.79 Å². The molecular formula is C12H8BrN3OS. The van der Waals surface area contributed by atoms with Crippen LogP contribution in [0.15, 0.2) is 40.3 Å². The molecule has 6 heteroatoms. The average molecular weight is 322 g/mol. The van der Waals surface area contributed by atoms with Crippen LogP contribution in [0.1, 0.15) is 9.67 Å². The first-order chi connectivity index (χ1) is 8.75. The molecule has 0 unspecified atom stereocenters. The van der Waals surface area contributed by atoms with E-state index >= 15 is 0 Å². The Bertz CT molecular complexity index is 719. The number of hydrogen-bond acceptors (Lipinski definition) is 3. The highest BCUT2D eigenvalue weighted by atomic mass is 79.9. The van der Waals surface area contributed by atoms with E-state index < -0.39 is 0 Å². The van der Waals surface area contributed by atoms with Crippen LogP contribution in [0.3, 0.4) is 0 Å². The van der Waals surface area contributed by atoms with Gasteiger partial charge in [-0.1, -0.05) is 6.07 Å². The molecule has 18 heavy (non-hydrogen) atoms. The summed E-state index contributed by atoms with van der Waals surface area (Å²) in [5.74, 6) is -0.120. The van der Waals surface area contributed by atoms with Crippen molar-refractivity contribution in [2.75, 3.05) is 5.32 Å². The number of H-pyrrole nitrogens is 1. The van der Waals surface area contributed by atoms with Gasteiger partial charge in [-0.05, 0) is 39.5 Å². The maximum absolute atomic E-state index is 12.1. The van der Waals surface area contributed by atoms with Gasteiger partial charge in [0.15, 0.2) is 0 Å². The SMILES string of the molecule is O=C(Nc1cccc2[nH]ncc12)c1sccc1Br. The van der Waals surface area contributed by atoms with Gasteiger partial charge >= 0.3 is 0 Å². The normalized spacial score (nSPS) is 10.7. The quantitative estimate of drug-likeness (QED) is 0.757. The van der Waals surface area contributed by atoms with Gasteiger partial charge in [-0.2, -0.15) is 5.10 Å². The number of nitrogens with zero attached hydrogens (tertiary/aromatic N) is 1. The summed E-state index contributed by atoms with van der Waals surface area (Å²) in [6, 6.07) is 7.51. The Morgan fingerprint density at radius 1 is 1.39 bits per heavy atom. The van der Waals surface area contributed by atoms with E-state index in [-0.39, 0.29) is 5.91 Å². The van der Waals surface area contributed by atoms with Crippen LogP contribution in [0, 0.1) is 0 Å². The van der Waals surface area contributed by atoms with Crippen LogP contribution in [-0.4, -0.2) is 16.1 Å². The summed E-state index contributed by atoms with van der Waals surface area (Å²) in [6.07, 6.45) is 1.70. The van der Waals surface area contributed by atoms with Crippen LogP contribution < -0.4 is 5.32 Å². The second kappa shape index (κ2) is 4.55. The van der Waals surface area contributed by atoms with Gasteiger partial charge in [0.25, 0.3) is 5.91 Å². The van der Waals surface area contributed by atoms with E-state index in [2.05, 4.69) is 31.4 Å². The first-order valence-corrected chi connectivity index (χ1v) is 6.89. The summed E-state index contributed by atoms with van der Waals surface area (Å²) in [5.41, 5.74) is 1.66. The molecular weight excluding hydrogens is 314 g/mol. The predicted molar refractivity (Wildman–Crippen MR) is 76.1 cm³/mol. The molecule has 90 valence electrons. The number of rotatable bonds is 2. The molecule has 0 bridgehead atoms. The van der Waals surface area contributed by atoms with Crippen LogP contribution >= 0.6 is 27.3 Å². The van der Waals surface area contributed by atoms with Gasteiger partial charge in [-0.25, -0.2) is 0 Å². The number of aromatic amines is 1. The first-order valence-electron chi connectivity index (χ1n) is 5.22. The van der Waals surface area contributed by atoms with Gasteiger partial charge in [-0.3, -0.25) is 9.89 Å². The highest BCUT2D eigenvalue weighted by Crippen LogP contribution is 2.26. The molecule has 1 aromatic carbocycles. The summed E-state index contributed by atoms with van der Waals surface area (Å²) < 4.78 is 0.810. The fourth-order valence-corrected chi connectivity index (χ4v) is 3.16. The molecule has 2 heterocycles. The van der Waals surface area contributed by atoms with Gasteiger partial charge in [0, 0.05) is 9.86 Å². The van der Waals surface area contributed by atoms with Crippen molar-refractivity contribution in [3.05, 3.63) is 45.2 Å². The number of halogens is 1. The Kier molecular flexibility index (Phi) is 2.89. The molecule has 0 fully saturated rings. The second-order valence-electron chi connectivity index (χ2n) is 3.69. The predicted octanol–water partition coefficient (Wildman–Crippen LogP) is 3.64. The van der Waals surface area contributed by atoms with Gasteiger partial charge in [0.1, 0.15) is 4.88 Å². The molecule has 4 nitrogen and oxygen atoms in total. The Hall–Kier alpha value is -1.66. The Balaban J connectivity index is 1.95. The van der Waals surface area contributed by atoms with E-state index in [0.29, 0.717) is 4.88 Å². The third kappa shape index (κ3) is 1.93. The van der Waals surface area contributed by atoms with Crippen LogP contribution in [0.25, 0.3) is 10.9 Å². The minimum absolute atomic E-state index is 0.120. The topological polar surface area (TPSA) is 57.8 Å². The maximum atomic E-state index is 12.1. The number of carbonyl (C=O) groups excluding carboxylic acids is 1. The first kappa shape index (κ1) is 11.4. The highest BCUT2D eigenvalue weighted by molar-refractivity contribution is 9.10. The highest BCUT2D eigenvalue weighted by Gasteiger charge is 2.13. The van der Waals surface area contributed by atoms with Crippen LogP contribution in [0.2, 0.25) is 0 Å². The molecule has 2 N–H and O–H groups in total. The monoisotopic (exact) mass is 321 g/mol. The van der Waals surface area contributed by atoms with Crippen molar-refractivity contribution in [2.45, 2.75) is 0 Å². The van der Waals surface area contributed by atoms with Crippen LogP contribution in [0.4, 0.5) is 5.69 Å². The molecule has 0 spiro atoms. The van der Waals surface area contributed by atoms with Crippen LogP contribution in [0.5, 0.6) is 0 Å². The Morgan fingerprint density at radius 2 is 2.28 bits per heavy atom. The van der Waals surface area contributed by atoms with Gasteiger partial charge < -0.3 is 5.32 Å². The van der Waals surface area contributed by atoms with Gasteiger partial charge in [0.2, 0.25) is 0 Å². The number of thiophene rings is 1. The zero-order valence-corrected chi connectivity index (χ0v) is 11.5. The summed E-state index contributed by atoms with van der Waals surface area (Å²) in [7, 11) is 0. The van der Waals surface area contributed by atoms with E-state index in [0.717, 1.165) is 21.1 Å². The van der Waals surface area contributed by atoms with E-state index in [1.165, 1.54) is 11.3 Å². The Labute approximate surface area is 115 Å². The van der Waals surface area contributed by atoms with Crippen molar-refractivity contribution in [1.29, 1.82) is 0 Å². The number of amides is 1. The molecule has 0 saturated carbocycles. The third-order valence-electron chi connectivity index (χ3n) is 2.56. The molecule has 0 aliphatic rings. The lowest BCUT2D eigenvalue weighted by Gasteiger charge is -2.05. The average Bonchev–Trinajstić information content (AvgIpc) is 2.97. The number of benzene rings is 1. The molecule has 0 atom stereocenters. The van der Waals surface area contributed by atoms with E-state index in [4.69, 9.17) is 0 Å². The number of carbonyl (C=O) groups is 1. The molecule has 0 aliphatic carbocycles. The second-order valence-corrected chi connectivity index (χ2v) is 5.46. The maximum Gasteiger partial charge on any atom is 0.266 e. The van der Waals surface area contributed by atoms with Crippen molar-refractivity contribution in [2.24, 2.45) is 0 Å². The minimum Gasteiger partial charge on any atom is -0.321 e.